The lowest BCUT2D eigenvalue weighted by atomic mass is 10.0. The summed E-state index contributed by atoms with van der Waals surface area (Å²) in [4.78, 5) is 0. The molecule has 3 aromatic carbocycles. The molecule has 35 heavy (non-hydrogen) atoms. The second-order valence-corrected chi connectivity index (χ2v) is 7.80. The Balaban J connectivity index is 1.78. The fraction of sp³-hybridized carbons (Fsp3) is 0.0741. The maximum absolute atomic E-state index is 9.99. The predicted molar refractivity (Wildman–Crippen MR) is 135 cm³/mol. The Morgan fingerprint density at radius 3 is 2.49 bits per heavy atom. The molecule has 172 valence electrons. The zero-order valence-electron chi connectivity index (χ0n) is 18.8. The van der Waals surface area contributed by atoms with Crippen molar-refractivity contribution in [3.63, 3.8) is 0 Å². The van der Waals surface area contributed by atoms with Crippen molar-refractivity contribution in [1.29, 1.82) is 10.5 Å². The van der Waals surface area contributed by atoms with E-state index >= 15 is 0 Å². The van der Waals surface area contributed by atoms with Gasteiger partial charge in [-0.15, -0.1) is 0 Å². The van der Waals surface area contributed by atoms with Crippen LogP contribution in [0.2, 0.25) is 5.02 Å². The number of nitrogens with two attached hydrogens (primary N) is 1. The van der Waals surface area contributed by atoms with E-state index in [-0.39, 0.29) is 29.3 Å². The van der Waals surface area contributed by atoms with Gasteiger partial charge in [-0.3, -0.25) is 0 Å². The van der Waals surface area contributed by atoms with Gasteiger partial charge in [-0.05, 0) is 30.3 Å². The minimum absolute atomic E-state index is 0.114. The Morgan fingerprint density at radius 1 is 1.06 bits per heavy atom. The van der Waals surface area contributed by atoms with Crippen molar-refractivity contribution < 1.29 is 9.47 Å². The first kappa shape index (κ1) is 23.4. The zero-order valence-corrected chi connectivity index (χ0v) is 19.5. The summed E-state index contributed by atoms with van der Waals surface area (Å²) in [5.41, 5.74) is 8.71. The van der Waals surface area contributed by atoms with Crippen molar-refractivity contribution in [2.24, 2.45) is 0 Å². The third kappa shape index (κ3) is 4.81. The molecular formula is C27H20ClN5O2. The van der Waals surface area contributed by atoms with Crippen LogP contribution >= 0.6 is 11.6 Å². The van der Waals surface area contributed by atoms with Crippen LogP contribution in [0.3, 0.4) is 0 Å². The SMILES string of the molecule is COc1cccc(C=C(C#N)c2nn(-c3ccccc3)c(N)c2C#N)c1OCc1ccccc1Cl. The monoisotopic (exact) mass is 481 g/mol. The van der Waals surface area contributed by atoms with E-state index in [0.717, 1.165) is 5.56 Å². The molecule has 0 bridgehead atoms. The van der Waals surface area contributed by atoms with Gasteiger partial charge >= 0.3 is 0 Å². The molecule has 0 unspecified atom stereocenters. The predicted octanol–water partition coefficient (Wildman–Crippen LogP) is 5.63. The third-order valence-electron chi connectivity index (χ3n) is 5.27. The second kappa shape index (κ2) is 10.5. The van der Waals surface area contributed by atoms with Crippen molar-refractivity contribution >= 4 is 29.1 Å². The first-order valence-corrected chi connectivity index (χ1v) is 10.9. The number of rotatable bonds is 7. The summed E-state index contributed by atoms with van der Waals surface area (Å²) in [5.74, 6) is 1.06. The van der Waals surface area contributed by atoms with Crippen LogP contribution < -0.4 is 15.2 Å². The molecular weight excluding hydrogens is 462 g/mol. The average molecular weight is 482 g/mol. The number of benzene rings is 3. The van der Waals surface area contributed by atoms with E-state index in [1.165, 1.54) is 11.8 Å². The number of methoxy groups -OCH3 is 1. The molecule has 8 heteroatoms. The first-order valence-electron chi connectivity index (χ1n) is 10.6. The zero-order chi connectivity index (χ0) is 24.8. The summed E-state index contributed by atoms with van der Waals surface area (Å²) in [6.45, 7) is 0.196. The molecule has 4 aromatic rings. The molecule has 0 atom stereocenters. The van der Waals surface area contributed by atoms with Gasteiger partial charge in [-0.25, -0.2) is 4.68 Å². The molecule has 7 nitrogen and oxygen atoms in total. The van der Waals surface area contributed by atoms with Gasteiger partial charge in [0.2, 0.25) is 0 Å². The number of nitrogens with zero attached hydrogens (tertiary/aromatic N) is 4. The van der Waals surface area contributed by atoms with E-state index in [0.29, 0.717) is 27.8 Å². The Labute approximate surface area is 207 Å². The maximum atomic E-state index is 9.99. The number of nitrogen functional groups attached to an aromatic ring is 1. The van der Waals surface area contributed by atoms with Gasteiger partial charge in [0.15, 0.2) is 11.5 Å². The standard InChI is InChI=1S/C27H20ClN5O2/c1-34-24-13-7-9-18(26(24)35-17-19-8-5-6-12-23(19)28)14-20(15-29)25-22(16-30)27(31)33(32-25)21-10-3-2-4-11-21/h2-14H,17,31H2,1H3. The lowest BCUT2D eigenvalue weighted by Crippen LogP contribution is -2.02. The topological polar surface area (TPSA) is 110 Å². The highest BCUT2D eigenvalue weighted by molar-refractivity contribution is 6.31. The van der Waals surface area contributed by atoms with Crippen LogP contribution in [-0.4, -0.2) is 16.9 Å². The van der Waals surface area contributed by atoms with Gasteiger partial charge < -0.3 is 15.2 Å². The summed E-state index contributed by atoms with van der Waals surface area (Å²) in [7, 11) is 1.53. The van der Waals surface area contributed by atoms with Crippen LogP contribution in [0.1, 0.15) is 22.4 Å². The number of anilines is 1. The van der Waals surface area contributed by atoms with E-state index in [1.54, 1.807) is 30.3 Å². The van der Waals surface area contributed by atoms with Crippen LogP contribution in [0.4, 0.5) is 5.82 Å². The summed E-state index contributed by atoms with van der Waals surface area (Å²) in [6.07, 6.45) is 1.60. The Bertz CT molecular complexity index is 1480. The summed E-state index contributed by atoms with van der Waals surface area (Å²) in [6, 6.07) is 26.1. The number of hydrogen-bond acceptors (Lipinski definition) is 6. The molecule has 0 aliphatic carbocycles. The fourth-order valence-electron chi connectivity index (χ4n) is 3.53. The largest absolute Gasteiger partial charge is 0.493 e. The molecule has 0 aliphatic rings. The van der Waals surface area contributed by atoms with Crippen LogP contribution in [0, 0.1) is 22.7 Å². The highest BCUT2D eigenvalue weighted by Gasteiger charge is 2.21. The van der Waals surface area contributed by atoms with E-state index in [4.69, 9.17) is 26.8 Å². The molecule has 1 aromatic heterocycles. The van der Waals surface area contributed by atoms with Gasteiger partial charge in [0, 0.05) is 16.1 Å². The maximum Gasteiger partial charge on any atom is 0.168 e. The highest BCUT2D eigenvalue weighted by Crippen LogP contribution is 2.35. The molecule has 0 saturated heterocycles. The number of para-hydroxylation sites is 2. The number of allylic oxidation sites excluding steroid dienone is 1. The Hall–Kier alpha value is -4.72. The van der Waals surface area contributed by atoms with E-state index in [9.17, 15) is 10.5 Å². The molecule has 0 fully saturated rings. The molecule has 0 amide bonds. The third-order valence-corrected chi connectivity index (χ3v) is 5.64. The van der Waals surface area contributed by atoms with Crippen molar-refractivity contribution in [2.75, 3.05) is 12.8 Å². The minimum atomic E-state index is 0.114. The normalized spacial score (nSPS) is 10.9. The molecule has 4 rings (SSSR count). The molecule has 0 spiro atoms. The number of hydrogen-bond donors (Lipinski definition) is 1. The molecule has 1 heterocycles. The fourth-order valence-corrected chi connectivity index (χ4v) is 3.72. The summed E-state index contributed by atoms with van der Waals surface area (Å²) < 4.78 is 13.0. The highest BCUT2D eigenvalue weighted by atomic mass is 35.5. The number of aromatic nitrogens is 2. The number of ether oxygens (including phenoxy) is 2. The van der Waals surface area contributed by atoms with E-state index < -0.39 is 0 Å². The number of nitriles is 2. The van der Waals surface area contributed by atoms with Gasteiger partial charge in [-0.1, -0.05) is 60.1 Å². The quantitative estimate of drug-likeness (QED) is 0.342. The Kier molecular flexibility index (Phi) is 7.02. The van der Waals surface area contributed by atoms with Crippen molar-refractivity contribution in [3.8, 4) is 29.3 Å². The lowest BCUT2D eigenvalue weighted by molar-refractivity contribution is 0.284. The lowest BCUT2D eigenvalue weighted by Gasteiger charge is -2.14. The molecule has 0 saturated carbocycles. The smallest absolute Gasteiger partial charge is 0.168 e. The number of halogens is 1. The van der Waals surface area contributed by atoms with Crippen molar-refractivity contribution in [3.05, 3.63) is 100 Å². The summed E-state index contributed by atoms with van der Waals surface area (Å²) in [5, 5.41) is 24.8. The second-order valence-electron chi connectivity index (χ2n) is 7.40. The van der Waals surface area contributed by atoms with Gasteiger partial charge in [0.25, 0.3) is 0 Å². The molecule has 2 N–H and O–H groups in total. The Morgan fingerprint density at radius 2 is 1.80 bits per heavy atom. The van der Waals surface area contributed by atoms with Crippen LogP contribution in [0.15, 0.2) is 72.8 Å². The van der Waals surface area contributed by atoms with E-state index in [2.05, 4.69) is 17.2 Å². The van der Waals surface area contributed by atoms with Crippen LogP contribution in [-0.2, 0) is 6.61 Å². The van der Waals surface area contributed by atoms with Crippen molar-refractivity contribution in [2.45, 2.75) is 6.61 Å². The van der Waals surface area contributed by atoms with Gasteiger partial charge in [0.1, 0.15) is 35.8 Å². The average Bonchev–Trinajstić information content (AvgIpc) is 3.23. The first-order chi connectivity index (χ1) is 17.1. The summed E-state index contributed by atoms with van der Waals surface area (Å²) >= 11 is 6.27. The molecule has 0 radical (unpaired) electrons. The van der Waals surface area contributed by atoms with Crippen molar-refractivity contribution in [1.82, 2.24) is 9.78 Å². The van der Waals surface area contributed by atoms with Gasteiger partial charge in [0.05, 0.1) is 18.4 Å². The molecule has 0 aliphatic heterocycles. The van der Waals surface area contributed by atoms with Crippen LogP contribution in [0.25, 0.3) is 17.3 Å². The van der Waals surface area contributed by atoms with Crippen LogP contribution in [0.5, 0.6) is 11.5 Å². The van der Waals surface area contributed by atoms with Gasteiger partial charge in [-0.2, -0.15) is 15.6 Å². The minimum Gasteiger partial charge on any atom is -0.493 e. The van der Waals surface area contributed by atoms with E-state index in [1.807, 2.05) is 48.5 Å².